The third-order valence-electron chi connectivity index (χ3n) is 29.6. The Morgan fingerprint density at radius 2 is 0.507 bits per heavy atom. The van der Waals surface area contributed by atoms with Gasteiger partial charge in [0.1, 0.15) is 23.3 Å². The fraction of sp³-hybridized carbons (Fsp3) is 0. The Kier molecular flexibility index (Phi) is 20.1. The van der Waals surface area contributed by atoms with Crippen LogP contribution in [0.25, 0.3) is 294 Å². The lowest BCUT2D eigenvalue weighted by atomic mass is 9.84. The quantitative estimate of drug-likeness (QED) is 0.0712. The molecule has 0 aliphatic heterocycles. The zero-order chi connectivity index (χ0) is 97.4. The molecule has 0 aliphatic rings. The van der Waals surface area contributed by atoms with Crippen LogP contribution in [0.3, 0.4) is 0 Å². The largest absolute Gasteiger partial charge is 0.338 e. The van der Waals surface area contributed by atoms with Gasteiger partial charge in [0.05, 0.1) is 44.1 Å². The first-order valence-electron chi connectivity index (χ1n) is 50.2. The van der Waals surface area contributed by atoms with Crippen molar-refractivity contribution in [2.75, 3.05) is 0 Å². The fourth-order valence-electron chi connectivity index (χ4n) is 22.5. The van der Waals surface area contributed by atoms with E-state index in [0.717, 1.165) is 190 Å². The van der Waals surface area contributed by atoms with Gasteiger partial charge in [-0.25, -0.2) is 34.9 Å². The lowest BCUT2D eigenvalue weighted by Gasteiger charge is -2.19. The second-order valence-electron chi connectivity index (χ2n) is 38.3. The molecule has 5 aromatic heterocycles. The van der Waals surface area contributed by atoms with Crippen LogP contribution in [0.1, 0.15) is 0 Å². The normalized spacial score (nSPS) is 11.8. The van der Waals surface area contributed by atoms with Crippen LogP contribution >= 0.6 is 0 Å². The maximum absolute atomic E-state index is 5.68. The number of imidazole rings is 4. The average molecular weight is 1890 g/mol. The van der Waals surface area contributed by atoms with Gasteiger partial charge < -0.3 is 4.98 Å². The zero-order valence-electron chi connectivity index (χ0n) is 80.0. The summed E-state index contributed by atoms with van der Waals surface area (Å²) in [6.45, 7) is 0. The van der Waals surface area contributed by atoms with Crippen molar-refractivity contribution >= 4 is 120 Å². The average Bonchev–Trinajstić information content (AvgIpc) is 0.804. The van der Waals surface area contributed by atoms with Crippen molar-refractivity contribution in [2.24, 2.45) is 0 Å². The van der Waals surface area contributed by atoms with E-state index in [2.05, 4.69) is 492 Å². The van der Waals surface area contributed by atoms with Crippen LogP contribution in [0.5, 0.6) is 0 Å². The lowest BCUT2D eigenvalue weighted by molar-refractivity contribution is 1.07. The molecule has 0 fully saturated rings. The van der Waals surface area contributed by atoms with Gasteiger partial charge >= 0.3 is 0 Å². The highest BCUT2D eigenvalue weighted by Crippen LogP contribution is 2.50. The van der Waals surface area contributed by atoms with E-state index < -0.39 is 0 Å². The molecule has 29 aromatic rings. The molecule has 0 bridgehead atoms. The predicted octanol–water partition coefficient (Wildman–Crippen LogP) is 35.2. The molecule has 0 spiro atoms. The summed E-state index contributed by atoms with van der Waals surface area (Å²) in [5, 5.41) is 16.8. The first-order chi connectivity index (χ1) is 73.3. The fourth-order valence-corrected chi connectivity index (χ4v) is 22.5. The molecular weight excluding hydrogens is 1800 g/mol. The topological polar surface area (TPSA) is 121 Å². The number of H-pyrrole nitrogens is 1. The van der Waals surface area contributed by atoms with Crippen LogP contribution < -0.4 is 0 Å². The van der Waals surface area contributed by atoms with Gasteiger partial charge in [0, 0.05) is 56.0 Å². The number of hydrogen-bond donors (Lipinski definition) is 1. The zero-order valence-corrected chi connectivity index (χ0v) is 80.0. The van der Waals surface area contributed by atoms with E-state index >= 15 is 0 Å². The number of hydrogen-bond acceptors (Lipinski definition) is 7. The minimum absolute atomic E-state index is 0.564. The maximum atomic E-state index is 5.68. The van der Waals surface area contributed by atoms with Crippen molar-refractivity contribution < 1.29 is 0 Å². The first-order valence-corrected chi connectivity index (χ1v) is 50.2. The van der Waals surface area contributed by atoms with E-state index in [9.17, 15) is 0 Å². The van der Waals surface area contributed by atoms with Crippen molar-refractivity contribution in [1.82, 2.24) is 53.6 Å². The summed E-state index contributed by atoms with van der Waals surface area (Å²) in [5.41, 5.74) is 32.1. The van der Waals surface area contributed by atoms with Gasteiger partial charge in [-0.15, -0.1) is 0 Å². The van der Waals surface area contributed by atoms with E-state index in [1.807, 2.05) is 36.4 Å². The summed E-state index contributed by atoms with van der Waals surface area (Å²) >= 11 is 0. The summed E-state index contributed by atoms with van der Waals surface area (Å²) < 4.78 is 6.86. The second kappa shape index (κ2) is 35.0. The summed E-state index contributed by atoms with van der Waals surface area (Å²) in [4.78, 5) is 41.7. The Labute approximate surface area is 851 Å². The third-order valence-corrected chi connectivity index (χ3v) is 29.6. The van der Waals surface area contributed by atoms with Crippen molar-refractivity contribution in [2.45, 2.75) is 0 Å². The predicted molar refractivity (Wildman–Crippen MR) is 612 cm³/mol. The number of fused-ring (bicyclic) bond motifs is 14. The number of para-hydroxylation sites is 8. The monoisotopic (exact) mass is 1880 g/mol. The highest BCUT2D eigenvalue weighted by molar-refractivity contribution is 6.26. The Morgan fingerprint density at radius 3 is 1.10 bits per heavy atom. The van der Waals surface area contributed by atoms with Gasteiger partial charge in [-0.1, -0.05) is 364 Å². The smallest absolute Gasteiger partial charge is 0.164 e. The van der Waals surface area contributed by atoms with Gasteiger partial charge in [0.15, 0.2) is 17.5 Å². The van der Waals surface area contributed by atoms with Gasteiger partial charge in [-0.05, 0) is 299 Å². The van der Waals surface area contributed by atoms with Crippen LogP contribution in [0.2, 0.25) is 0 Å². The summed E-state index contributed by atoms with van der Waals surface area (Å²) in [6, 6.07) is 184. The van der Waals surface area contributed by atoms with Crippen molar-refractivity contribution in [3.8, 4) is 175 Å². The van der Waals surface area contributed by atoms with E-state index in [-0.39, 0.29) is 0 Å². The third kappa shape index (κ3) is 14.7. The molecule has 5 heterocycles. The molecule has 24 aromatic carbocycles. The molecule has 688 valence electrons. The summed E-state index contributed by atoms with van der Waals surface area (Å²) in [7, 11) is 0. The van der Waals surface area contributed by atoms with Crippen LogP contribution in [0, 0.1) is 0 Å². The van der Waals surface area contributed by atoms with Crippen LogP contribution in [0.4, 0.5) is 0 Å². The van der Waals surface area contributed by atoms with Crippen LogP contribution in [-0.2, 0) is 0 Å². The molecule has 11 nitrogen and oxygen atoms in total. The maximum Gasteiger partial charge on any atom is 0.164 e. The SMILES string of the molecule is c1ccc(-c2nc(-c3ccccc3)nc(-c3ccc(-c4ccc5nc(-c6cc(-c7nc8ccccc8n7-c7ccccc7)cc(-c7nc8ccccc8n7-c7cccc(-c8ccc9cc(-c%10c%11ccccc%11c(-c%11ccc%12ccccc%12c%11)c%11ccc(-c%12ccc(-c%13nc%14ccccc%14n%13-c%13ccccc%13)cc%12)cc%10%11)ccc9c8)c7)c6)[nH]c5c4)c(-c4cccc(-c5ccc6c7ccccc7c7ccccc7c6c5)c4)c3)n2)cc1. The number of nitrogens with one attached hydrogen (secondary N) is 1. The van der Waals surface area contributed by atoms with E-state index in [0.29, 0.717) is 23.3 Å². The number of rotatable bonds is 17. The molecule has 0 amide bonds. The first kappa shape index (κ1) is 84.8. The van der Waals surface area contributed by atoms with E-state index in [1.54, 1.807) is 0 Å². The van der Waals surface area contributed by atoms with Crippen molar-refractivity contribution in [1.29, 1.82) is 0 Å². The van der Waals surface area contributed by atoms with Gasteiger partial charge in [0.25, 0.3) is 0 Å². The number of aromatic nitrogens is 11. The second-order valence-corrected chi connectivity index (χ2v) is 38.3. The molecule has 0 unspecified atom stereocenters. The Bertz CT molecular complexity index is 10300. The highest BCUT2D eigenvalue weighted by atomic mass is 15.1. The molecule has 0 atom stereocenters. The molecular formula is C137H85N11. The van der Waals surface area contributed by atoms with Crippen LogP contribution in [-0.4, -0.2) is 53.6 Å². The van der Waals surface area contributed by atoms with Crippen LogP contribution in [0.15, 0.2) is 510 Å². The Hall–Kier alpha value is -20.0. The molecule has 1 N–H and O–H groups in total. The van der Waals surface area contributed by atoms with Gasteiger partial charge in [0.2, 0.25) is 0 Å². The van der Waals surface area contributed by atoms with Crippen molar-refractivity contribution in [3.05, 3.63) is 510 Å². The van der Waals surface area contributed by atoms with Gasteiger partial charge in [-0.3, -0.25) is 13.7 Å². The standard InChI is InChI=1S/C137H85N11/c1-5-30-87(31-6-1)131-143-132(88-32-7-2-8-33-88)145-133(144-131)102-67-69-109(118(83-102)98-37-27-35-91(74-98)97-65-70-114-112-45-16-15-43-110(112)111-44-17-18-46-113(111)119(114)81-97)99-68-72-121-125(84-99)139-134(138-121)103-77-104(136-141-123-50-22-25-53-127(123)147(136)107-40-11-4-12-41-107)79-105(78-103)137-142-124-51-23-26-54-128(124)148(137)108-42-28-36-92(80-108)93-60-61-95-76-101(64-62-94(95)73-93)130-116-48-20-19-47-115(116)129(100-63-57-85-29-13-14-34-90(85)75-100)117-71-66-96(82-120(117)130)86-55-58-89(59-56-86)135-140-122-49-21-24-52-126(122)146(135)106-38-9-3-10-39-106/h1-84H,(H,138,139). The Morgan fingerprint density at radius 1 is 0.155 bits per heavy atom. The number of nitrogens with zero attached hydrogens (tertiary/aromatic N) is 10. The molecule has 0 radical (unpaired) electrons. The summed E-state index contributed by atoms with van der Waals surface area (Å²) in [5.74, 6) is 4.86. The molecule has 0 saturated heterocycles. The number of aromatic amines is 1. The highest BCUT2D eigenvalue weighted by Gasteiger charge is 2.27. The Balaban J connectivity index is 0.549. The van der Waals surface area contributed by atoms with Crippen molar-refractivity contribution in [3.63, 3.8) is 0 Å². The van der Waals surface area contributed by atoms with E-state index in [4.69, 9.17) is 34.9 Å². The molecule has 148 heavy (non-hydrogen) atoms. The lowest BCUT2D eigenvalue weighted by Crippen LogP contribution is -2.01. The minimum atomic E-state index is 0.564. The molecule has 0 aliphatic carbocycles. The molecule has 11 heteroatoms. The van der Waals surface area contributed by atoms with Gasteiger partial charge in [-0.2, -0.15) is 0 Å². The molecule has 0 saturated carbocycles. The summed E-state index contributed by atoms with van der Waals surface area (Å²) in [6.07, 6.45) is 0. The molecule has 29 rings (SSSR count). The minimum Gasteiger partial charge on any atom is -0.338 e. The van der Waals surface area contributed by atoms with E-state index in [1.165, 1.54) is 81.3 Å². The number of benzene rings is 24.